The molecule has 1 atom stereocenters. The van der Waals surface area contributed by atoms with Crippen LogP contribution < -0.4 is 5.32 Å². The van der Waals surface area contributed by atoms with Gasteiger partial charge in [0.25, 0.3) is 0 Å². The second-order valence-corrected chi connectivity index (χ2v) is 9.00. The molecule has 0 aromatic carbocycles. The van der Waals surface area contributed by atoms with Crippen molar-refractivity contribution in [2.45, 2.75) is 57.8 Å². The molecule has 1 amide bonds. The van der Waals surface area contributed by atoms with Crippen LogP contribution >= 0.6 is 12.4 Å². The van der Waals surface area contributed by atoms with Crippen molar-refractivity contribution in [1.29, 1.82) is 0 Å². The molecule has 132 valence electrons. The van der Waals surface area contributed by atoms with E-state index in [1.54, 1.807) is 0 Å². The van der Waals surface area contributed by atoms with Crippen molar-refractivity contribution in [2.24, 2.45) is 29.1 Å². The zero-order chi connectivity index (χ0) is 15.2. The number of halogens is 1. The first-order valence-electron chi connectivity index (χ1n) is 9.58. The van der Waals surface area contributed by atoms with E-state index < -0.39 is 0 Å². The normalized spacial score (nSPS) is 41.7. The van der Waals surface area contributed by atoms with Crippen molar-refractivity contribution in [3.05, 3.63) is 0 Å². The van der Waals surface area contributed by atoms with E-state index in [-0.39, 0.29) is 12.4 Å². The van der Waals surface area contributed by atoms with Gasteiger partial charge in [-0.05, 0) is 94.0 Å². The molecule has 0 aromatic heterocycles. The van der Waals surface area contributed by atoms with E-state index in [0.29, 0.717) is 17.2 Å². The smallest absolute Gasteiger partial charge is 0.223 e. The van der Waals surface area contributed by atoms with E-state index in [9.17, 15) is 4.79 Å². The minimum Gasteiger partial charge on any atom is -0.342 e. The van der Waals surface area contributed by atoms with Gasteiger partial charge in [-0.25, -0.2) is 0 Å². The number of hydrogen-bond acceptors (Lipinski definition) is 2. The minimum absolute atomic E-state index is 0. The molecule has 23 heavy (non-hydrogen) atoms. The monoisotopic (exact) mass is 340 g/mol. The molecular weight excluding hydrogens is 308 g/mol. The van der Waals surface area contributed by atoms with Gasteiger partial charge in [-0.3, -0.25) is 4.79 Å². The quantitative estimate of drug-likeness (QED) is 0.849. The largest absolute Gasteiger partial charge is 0.342 e. The lowest BCUT2D eigenvalue weighted by molar-refractivity contribution is -0.141. The molecule has 1 heterocycles. The van der Waals surface area contributed by atoms with Gasteiger partial charge in [0.2, 0.25) is 5.91 Å². The molecule has 1 N–H and O–H groups in total. The average molecular weight is 341 g/mol. The Labute approximate surface area is 147 Å². The number of piperidine rings is 1. The Morgan fingerprint density at radius 3 is 2.30 bits per heavy atom. The van der Waals surface area contributed by atoms with Gasteiger partial charge in [0.05, 0.1) is 0 Å². The summed E-state index contributed by atoms with van der Waals surface area (Å²) in [6, 6.07) is 0. The van der Waals surface area contributed by atoms with Crippen LogP contribution in [0.4, 0.5) is 0 Å². The van der Waals surface area contributed by atoms with Gasteiger partial charge in [0.1, 0.15) is 0 Å². The maximum Gasteiger partial charge on any atom is 0.223 e. The number of rotatable bonds is 4. The molecular formula is C19H33ClN2O. The zero-order valence-corrected chi connectivity index (χ0v) is 15.4. The van der Waals surface area contributed by atoms with Crippen LogP contribution in [0.2, 0.25) is 0 Å². The summed E-state index contributed by atoms with van der Waals surface area (Å²) in [5.74, 6) is 4.01. The predicted molar refractivity (Wildman–Crippen MR) is 95.7 cm³/mol. The molecule has 0 radical (unpaired) electrons. The molecule has 1 unspecified atom stereocenters. The van der Waals surface area contributed by atoms with Crippen molar-refractivity contribution in [3.8, 4) is 0 Å². The third kappa shape index (κ3) is 3.56. The van der Waals surface area contributed by atoms with Gasteiger partial charge in [-0.2, -0.15) is 0 Å². The number of hydrogen-bond donors (Lipinski definition) is 1. The summed E-state index contributed by atoms with van der Waals surface area (Å²) in [4.78, 5) is 15.1. The van der Waals surface area contributed by atoms with Crippen molar-refractivity contribution >= 4 is 18.3 Å². The van der Waals surface area contributed by atoms with Crippen LogP contribution in [-0.4, -0.2) is 37.5 Å². The highest BCUT2D eigenvalue weighted by atomic mass is 35.5. The summed E-state index contributed by atoms with van der Waals surface area (Å²) >= 11 is 0. The van der Waals surface area contributed by atoms with Crippen LogP contribution in [0.5, 0.6) is 0 Å². The predicted octanol–water partition coefficient (Wildman–Crippen LogP) is 3.47. The molecule has 5 fully saturated rings. The Kier molecular flexibility index (Phi) is 5.27. The van der Waals surface area contributed by atoms with Crippen molar-refractivity contribution in [1.82, 2.24) is 10.2 Å². The number of carbonyl (C=O) groups is 1. The highest BCUT2D eigenvalue weighted by Gasteiger charge is 2.51. The van der Waals surface area contributed by atoms with Crippen LogP contribution in [-0.2, 0) is 4.79 Å². The van der Waals surface area contributed by atoms with E-state index in [2.05, 4.69) is 10.2 Å². The molecule has 5 aliphatic rings. The molecule has 4 aliphatic carbocycles. The zero-order valence-electron chi connectivity index (χ0n) is 14.6. The lowest BCUT2D eigenvalue weighted by atomic mass is 9.49. The third-order valence-electron chi connectivity index (χ3n) is 7.06. The lowest BCUT2D eigenvalue weighted by Gasteiger charge is -2.57. The molecule has 1 saturated heterocycles. The van der Waals surface area contributed by atoms with E-state index in [1.165, 1.54) is 51.4 Å². The molecule has 4 bridgehead atoms. The van der Waals surface area contributed by atoms with Gasteiger partial charge < -0.3 is 10.2 Å². The van der Waals surface area contributed by atoms with Crippen LogP contribution in [0, 0.1) is 29.1 Å². The fourth-order valence-electron chi connectivity index (χ4n) is 6.69. The molecule has 4 saturated carbocycles. The van der Waals surface area contributed by atoms with Crippen LogP contribution in [0.25, 0.3) is 0 Å². The minimum atomic E-state index is 0. The Hall–Kier alpha value is -0.280. The average Bonchev–Trinajstić information content (AvgIpc) is 2.46. The Bertz CT molecular complexity index is 402. The van der Waals surface area contributed by atoms with E-state index in [4.69, 9.17) is 0 Å². The summed E-state index contributed by atoms with van der Waals surface area (Å²) in [7, 11) is 2.02. The number of nitrogens with zero attached hydrogens (tertiary/aromatic N) is 1. The number of carbonyl (C=O) groups excluding carboxylic acids is 1. The molecule has 3 nitrogen and oxygen atoms in total. The summed E-state index contributed by atoms with van der Waals surface area (Å²) in [5.41, 5.74) is 0.405. The van der Waals surface area contributed by atoms with Gasteiger partial charge in [0, 0.05) is 19.5 Å². The second kappa shape index (κ2) is 6.92. The van der Waals surface area contributed by atoms with E-state index in [0.717, 1.165) is 43.8 Å². The Balaban J connectivity index is 0.00000156. The Morgan fingerprint density at radius 2 is 1.74 bits per heavy atom. The van der Waals surface area contributed by atoms with Gasteiger partial charge >= 0.3 is 0 Å². The maximum atomic E-state index is 12.9. The standard InChI is InChI=1S/C19H32N2O.ClH/c1-20-12-14-3-2-4-21(13-14)18(22)11-19-8-15-5-16(9-19)7-17(6-15)10-19;/h14-17,20H,2-13H2,1H3;1H. The fraction of sp³-hybridized carbons (Fsp3) is 0.947. The number of nitrogens with one attached hydrogen (secondary N) is 1. The maximum absolute atomic E-state index is 12.9. The first kappa shape index (κ1) is 17.5. The highest BCUT2D eigenvalue weighted by Crippen LogP contribution is 2.61. The van der Waals surface area contributed by atoms with E-state index >= 15 is 0 Å². The van der Waals surface area contributed by atoms with Gasteiger partial charge in [0.15, 0.2) is 0 Å². The first-order chi connectivity index (χ1) is 10.7. The summed E-state index contributed by atoms with van der Waals surface area (Å²) in [5, 5.41) is 3.29. The lowest BCUT2D eigenvalue weighted by Crippen LogP contribution is -2.50. The SMILES string of the molecule is CNCC1CCCN(C(=O)CC23CC4CC(CC(C4)C2)C3)C1.Cl. The second-order valence-electron chi connectivity index (χ2n) is 9.00. The van der Waals surface area contributed by atoms with Gasteiger partial charge in [-0.1, -0.05) is 0 Å². The molecule has 4 heteroatoms. The van der Waals surface area contributed by atoms with Gasteiger partial charge in [-0.15, -0.1) is 12.4 Å². The molecule has 1 aliphatic heterocycles. The summed E-state index contributed by atoms with van der Waals surface area (Å²) < 4.78 is 0. The Morgan fingerprint density at radius 1 is 1.13 bits per heavy atom. The molecule has 5 rings (SSSR count). The van der Waals surface area contributed by atoms with Crippen molar-refractivity contribution in [3.63, 3.8) is 0 Å². The number of amides is 1. The number of likely N-dealkylation sites (tertiary alicyclic amines) is 1. The van der Waals surface area contributed by atoms with Crippen LogP contribution in [0.3, 0.4) is 0 Å². The van der Waals surface area contributed by atoms with Crippen LogP contribution in [0.1, 0.15) is 57.8 Å². The molecule has 0 aromatic rings. The molecule has 0 spiro atoms. The van der Waals surface area contributed by atoms with Crippen molar-refractivity contribution in [2.75, 3.05) is 26.7 Å². The van der Waals surface area contributed by atoms with E-state index in [1.807, 2.05) is 7.05 Å². The summed E-state index contributed by atoms with van der Waals surface area (Å²) in [6.45, 7) is 3.05. The highest BCUT2D eigenvalue weighted by molar-refractivity contribution is 5.85. The summed E-state index contributed by atoms with van der Waals surface area (Å²) in [6.07, 6.45) is 11.8. The van der Waals surface area contributed by atoms with Crippen LogP contribution in [0.15, 0.2) is 0 Å². The third-order valence-corrected chi connectivity index (χ3v) is 7.06. The topological polar surface area (TPSA) is 32.3 Å². The first-order valence-corrected chi connectivity index (χ1v) is 9.58. The fourth-order valence-corrected chi connectivity index (χ4v) is 6.69. The van der Waals surface area contributed by atoms with Crippen molar-refractivity contribution < 1.29 is 4.79 Å².